The van der Waals surface area contributed by atoms with Gasteiger partial charge in [-0.15, -0.1) is 0 Å². The second-order valence-corrected chi connectivity index (χ2v) is 30.5. The van der Waals surface area contributed by atoms with E-state index in [0.29, 0.717) is 63.8 Å². The smallest absolute Gasteiger partial charge is 0.410 e. The number of carbonyl (C=O) groups is 2. The number of imidazole rings is 2. The molecule has 99 heavy (non-hydrogen) atoms. The summed E-state index contributed by atoms with van der Waals surface area (Å²) in [5.74, 6) is -0.442. The first-order valence-corrected chi connectivity index (χ1v) is 35.9. The molecule has 5 aromatic heterocycles. The van der Waals surface area contributed by atoms with E-state index in [1.54, 1.807) is 36.1 Å². The van der Waals surface area contributed by atoms with Crippen LogP contribution in [0.5, 0.6) is 0 Å². The Hall–Kier alpha value is -6.48. The van der Waals surface area contributed by atoms with Gasteiger partial charge in [0.25, 0.3) is 0 Å². The highest BCUT2D eigenvalue weighted by molar-refractivity contribution is 9.11. The number of nitrogens with zero attached hydrogens (tertiary/aromatic N) is 11. The van der Waals surface area contributed by atoms with Crippen LogP contribution in [0, 0.1) is 0 Å². The van der Waals surface area contributed by atoms with E-state index >= 15 is 0 Å². The number of benzene rings is 3. The maximum absolute atomic E-state index is 12.8. The molecular weight excluding hydrogens is 1510 g/mol. The first-order chi connectivity index (χ1) is 46.8. The van der Waals surface area contributed by atoms with Crippen molar-refractivity contribution in [3.05, 3.63) is 223 Å². The van der Waals surface area contributed by atoms with Crippen molar-refractivity contribution in [3.63, 3.8) is 0 Å². The SMILES string of the molecule is C.COC(=O)C1=Cc2cc(Cl)ccc2C(N2CCN(C(=O)OC(C)(C)C)CC2)c2ncc(Br)cc21.Cn1cncc1C(C)(O)C1=Cc2cc(Cl)ccc2[C@H](N2CCNCC2)c2ncc(Br)cc21.Cn1cncc1C(C)(O)C1=Cc2cc(Cl)ccc2[C@H](N2CCNCC2)c2ncc(Br)cc21. The molecule has 3 aromatic carbocycles. The number of nitrogens with one attached hydrogen (secondary N) is 2. The number of halogens is 6. The number of pyridine rings is 3. The van der Waals surface area contributed by atoms with Crippen LogP contribution in [0.15, 0.2) is 130 Å². The van der Waals surface area contributed by atoms with Gasteiger partial charge in [0.05, 0.1) is 84.3 Å². The topological polar surface area (TPSA) is 204 Å². The molecule has 0 spiro atoms. The molecule has 8 aromatic rings. The molecule has 14 rings (SSSR count). The predicted octanol–water partition coefficient (Wildman–Crippen LogP) is 13.8. The number of fused-ring (bicyclic) bond motifs is 6. The van der Waals surface area contributed by atoms with Crippen LogP contribution in [0.4, 0.5) is 4.79 Å². The number of aromatic nitrogens is 7. The highest BCUT2D eigenvalue weighted by Gasteiger charge is 2.42. The summed E-state index contributed by atoms with van der Waals surface area (Å²) in [4.78, 5) is 57.3. The van der Waals surface area contributed by atoms with E-state index in [1.165, 1.54) is 7.11 Å². The maximum atomic E-state index is 12.8. The lowest BCUT2D eigenvalue weighted by atomic mass is 9.85. The summed E-state index contributed by atoms with van der Waals surface area (Å²) in [5, 5.41) is 32.6. The van der Waals surface area contributed by atoms with Crippen molar-refractivity contribution in [2.75, 3.05) is 85.6 Å². The van der Waals surface area contributed by atoms with E-state index in [1.807, 2.05) is 125 Å². The van der Waals surface area contributed by atoms with Gasteiger partial charge >= 0.3 is 12.1 Å². The number of methoxy groups -OCH3 is 1. The number of amides is 1. The molecule has 520 valence electrons. The van der Waals surface area contributed by atoms with Gasteiger partial charge in [0, 0.05) is 156 Å². The van der Waals surface area contributed by atoms with Gasteiger partial charge in [-0.3, -0.25) is 29.7 Å². The number of hydrogen-bond donors (Lipinski definition) is 4. The summed E-state index contributed by atoms with van der Waals surface area (Å²) in [7, 11) is 5.15. The van der Waals surface area contributed by atoms with Gasteiger partial charge < -0.3 is 44.4 Å². The fourth-order valence-corrected chi connectivity index (χ4v) is 15.6. The second-order valence-electron chi connectivity index (χ2n) is 26.5. The van der Waals surface area contributed by atoms with Crippen LogP contribution in [0.3, 0.4) is 0 Å². The molecule has 3 fully saturated rings. The Morgan fingerprint density at radius 3 is 1.25 bits per heavy atom. The Kier molecular flexibility index (Phi) is 22.8. The summed E-state index contributed by atoms with van der Waals surface area (Å²) in [5.41, 5.74) is 11.5. The summed E-state index contributed by atoms with van der Waals surface area (Å²) in [6.45, 7) is 18.9. The van der Waals surface area contributed by atoms with Gasteiger partial charge in [-0.05, 0) is 200 Å². The van der Waals surface area contributed by atoms with Crippen molar-refractivity contribution in [1.82, 2.24) is 64.3 Å². The van der Waals surface area contributed by atoms with Gasteiger partial charge in [-0.25, -0.2) is 19.6 Å². The quantitative estimate of drug-likeness (QED) is 0.104. The molecule has 8 heterocycles. The summed E-state index contributed by atoms with van der Waals surface area (Å²) in [6, 6.07) is 23.4. The zero-order chi connectivity index (χ0) is 69.5. The predicted molar refractivity (Wildman–Crippen MR) is 402 cm³/mol. The first-order valence-electron chi connectivity index (χ1n) is 32.4. The van der Waals surface area contributed by atoms with E-state index in [4.69, 9.17) is 59.2 Å². The minimum absolute atomic E-state index is 0. The Bertz CT molecular complexity index is 4250. The second kappa shape index (κ2) is 30.6. The lowest BCUT2D eigenvalue weighted by Crippen LogP contribution is -2.51. The van der Waals surface area contributed by atoms with Crippen molar-refractivity contribution in [1.29, 1.82) is 0 Å². The van der Waals surface area contributed by atoms with E-state index in [9.17, 15) is 19.8 Å². The van der Waals surface area contributed by atoms with Crippen LogP contribution in [0.25, 0.3) is 34.9 Å². The third-order valence-electron chi connectivity index (χ3n) is 18.7. The van der Waals surface area contributed by atoms with Crippen molar-refractivity contribution >= 4 is 130 Å². The molecule has 3 unspecified atom stereocenters. The Morgan fingerprint density at radius 2 is 0.889 bits per heavy atom. The van der Waals surface area contributed by atoms with Gasteiger partial charge in [-0.2, -0.15) is 0 Å². The fourth-order valence-electron chi connectivity index (χ4n) is 14.0. The largest absolute Gasteiger partial charge is 0.465 e. The highest BCUT2D eigenvalue weighted by atomic mass is 79.9. The molecule has 6 aliphatic rings. The summed E-state index contributed by atoms with van der Waals surface area (Å²) >= 11 is 29.9. The Balaban J connectivity index is 0.000000149. The molecule has 0 radical (unpaired) electrons. The molecule has 0 bridgehead atoms. The zero-order valence-corrected chi connectivity index (χ0v) is 62.7. The van der Waals surface area contributed by atoms with Crippen LogP contribution in [0.2, 0.25) is 15.1 Å². The third-order valence-corrected chi connectivity index (χ3v) is 20.7. The Morgan fingerprint density at radius 1 is 0.525 bits per heavy atom. The van der Waals surface area contributed by atoms with E-state index in [0.717, 1.165) is 139 Å². The van der Waals surface area contributed by atoms with Crippen LogP contribution in [-0.2, 0) is 39.6 Å². The average molecular weight is 1590 g/mol. The number of piperazine rings is 3. The van der Waals surface area contributed by atoms with Gasteiger partial charge in [0.1, 0.15) is 16.8 Å². The number of aryl methyl sites for hydroxylation is 2. The monoisotopic (exact) mass is 1590 g/mol. The zero-order valence-electron chi connectivity index (χ0n) is 55.6. The number of carbonyl (C=O) groups excluding carboxylic acids is 2. The minimum atomic E-state index is -1.29. The van der Waals surface area contributed by atoms with Gasteiger partial charge in [0.15, 0.2) is 0 Å². The molecule has 3 aliphatic heterocycles. The molecule has 19 nitrogen and oxygen atoms in total. The van der Waals surface area contributed by atoms with E-state index in [2.05, 4.69) is 120 Å². The van der Waals surface area contributed by atoms with Crippen LogP contribution < -0.4 is 10.6 Å². The van der Waals surface area contributed by atoms with Crippen LogP contribution in [-0.4, -0.2) is 167 Å². The summed E-state index contributed by atoms with van der Waals surface area (Å²) < 4.78 is 16.8. The maximum Gasteiger partial charge on any atom is 0.410 e. The van der Waals surface area contributed by atoms with Crippen molar-refractivity contribution in [2.45, 2.75) is 77.0 Å². The molecule has 3 aliphatic carbocycles. The fraction of sp³-hybridized carbons (Fsp3) is 0.365. The third kappa shape index (κ3) is 15.6. The molecule has 1 amide bonds. The van der Waals surface area contributed by atoms with Crippen LogP contribution >= 0.6 is 82.6 Å². The lowest BCUT2D eigenvalue weighted by Gasteiger charge is -2.40. The minimum Gasteiger partial charge on any atom is -0.465 e. The van der Waals surface area contributed by atoms with Gasteiger partial charge in [-0.1, -0.05) is 60.4 Å². The van der Waals surface area contributed by atoms with E-state index < -0.39 is 22.8 Å². The van der Waals surface area contributed by atoms with Crippen LogP contribution in [0.1, 0.15) is 139 Å². The molecule has 3 saturated heterocycles. The molecule has 25 heteroatoms. The molecule has 4 N–H and O–H groups in total. The van der Waals surface area contributed by atoms with Crippen molar-refractivity contribution < 1.29 is 29.3 Å². The lowest BCUT2D eigenvalue weighted by molar-refractivity contribution is -0.133. The van der Waals surface area contributed by atoms with Crippen molar-refractivity contribution in [2.24, 2.45) is 14.1 Å². The Labute approximate surface area is 618 Å². The number of hydrogen-bond acceptors (Lipinski definition) is 16. The standard InChI is InChI=1S/C25H27BrClN3O4.2C24H25BrClN5O.CH4/c1-25(2,3)34-24(32)30-9-7-29(8-10-30)22-18-6-5-17(27)11-15(18)12-20(23(31)33-4)19-13-16(26)14-28-21(19)22;2*1-24(32,21-13-28-14-30(21)2)20-10-15-9-17(26)3-4-18(15)23(31-7-5-27-6-8-31)22-19(20)11-16(25)12-29-22;/h5-6,11-14,22H,7-10H2,1-4H3;2*3-4,9-14,23,27,32H,5-8H2,1-2H3;1H4/t;2*23-,24?;/m.00./s1. The van der Waals surface area contributed by atoms with Gasteiger partial charge in [0.2, 0.25) is 0 Å². The molecular formula is C74H81Br3Cl3N13O6. The summed E-state index contributed by atoms with van der Waals surface area (Å²) in [6.07, 6.45) is 17.9. The normalized spacial score (nSPS) is 19.7. The van der Waals surface area contributed by atoms with Crippen molar-refractivity contribution in [3.8, 4) is 0 Å². The first kappa shape index (κ1) is 73.7. The van der Waals surface area contributed by atoms with E-state index in [-0.39, 0.29) is 31.6 Å². The number of aliphatic hydroxyl groups is 2. The highest BCUT2D eigenvalue weighted by Crippen LogP contribution is 2.49. The number of ether oxygens (including phenoxy) is 2. The molecule has 5 atom stereocenters. The molecule has 0 saturated carbocycles. The number of rotatable bonds is 8. The average Bonchev–Trinajstić information content (AvgIpc) is 1.63. The number of esters is 1.